The Labute approximate surface area is 104 Å². The molecule has 1 aliphatic rings. The minimum atomic E-state index is -0.216. The monoisotopic (exact) mass is 234 g/mol. The van der Waals surface area contributed by atoms with Crippen LogP contribution in [-0.2, 0) is 17.6 Å². The van der Waals surface area contributed by atoms with Gasteiger partial charge in [0, 0.05) is 13.2 Å². The van der Waals surface area contributed by atoms with Crippen LogP contribution >= 0.6 is 0 Å². The van der Waals surface area contributed by atoms with Gasteiger partial charge in [0.1, 0.15) is 0 Å². The third kappa shape index (κ3) is 3.55. The Balaban J connectivity index is 1.89. The first-order valence-corrected chi connectivity index (χ1v) is 6.63. The number of aryl methyl sites for hydroxylation is 1. The molecule has 1 aliphatic heterocycles. The highest BCUT2D eigenvalue weighted by Crippen LogP contribution is 2.21. The average Bonchev–Trinajstić information content (AvgIpc) is 2.40. The van der Waals surface area contributed by atoms with Crippen molar-refractivity contribution in [1.82, 2.24) is 0 Å². The molecule has 0 bridgehead atoms. The van der Waals surface area contributed by atoms with Gasteiger partial charge >= 0.3 is 0 Å². The molecular weight excluding hydrogens is 212 g/mol. The molecule has 1 atom stereocenters. The first-order valence-electron chi connectivity index (χ1n) is 6.63. The van der Waals surface area contributed by atoms with Gasteiger partial charge in [0.15, 0.2) is 0 Å². The van der Waals surface area contributed by atoms with Crippen molar-refractivity contribution in [3.8, 4) is 0 Å². The van der Waals surface area contributed by atoms with Gasteiger partial charge in [-0.15, -0.1) is 0 Å². The molecule has 17 heavy (non-hydrogen) atoms. The molecule has 1 aromatic carbocycles. The van der Waals surface area contributed by atoms with Crippen LogP contribution in [0.25, 0.3) is 0 Å². The van der Waals surface area contributed by atoms with E-state index in [2.05, 4.69) is 31.2 Å². The van der Waals surface area contributed by atoms with Crippen LogP contribution in [0.1, 0.15) is 30.9 Å². The number of aliphatic hydroxyl groups is 1. The number of benzene rings is 1. The van der Waals surface area contributed by atoms with Gasteiger partial charge < -0.3 is 9.84 Å². The Morgan fingerprint density at radius 1 is 1.18 bits per heavy atom. The van der Waals surface area contributed by atoms with Gasteiger partial charge in [0.25, 0.3) is 0 Å². The van der Waals surface area contributed by atoms with Crippen molar-refractivity contribution in [3.05, 3.63) is 35.4 Å². The molecule has 2 rings (SSSR count). The lowest BCUT2D eigenvalue weighted by Crippen LogP contribution is -2.28. The van der Waals surface area contributed by atoms with E-state index < -0.39 is 0 Å². The molecule has 2 heteroatoms. The minimum Gasteiger partial charge on any atom is -0.392 e. The Kier molecular flexibility index (Phi) is 4.57. The van der Waals surface area contributed by atoms with E-state index in [-0.39, 0.29) is 6.10 Å². The second kappa shape index (κ2) is 6.18. The van der Waals surface area contributed by atoms with Gasteiger partial charge in [-0.2, -0.15) is 0 Å². The molecule has 0 saturated carbocycles. The number of aliphatic hydroxyl groups excluding tert-OH is 1. The highest BCUT2D eigenvalue weighted by atomic mass is 16.5. The standard InChI is InChI=1S/C15H22O2/c1-2-12-3-5-13(6-4-12)11-15(16)14-7-9-17-10-8-14/h3-6,14-16H,2,7-11H2,1H3. The summed E-state index contributed by atoms with van der Waals surface area (Å²) < 4.78 is 5.32. The maximum atomic E-state index is 10.2. The van der Waals surface area contributed by atoms with E-state index in [1.807, 2.05) is 0 Å². The Hall–Kier alpha value is -0.860. The van der Waals surface area contributed by atoms with Gasteiger partial charge in [-0.05, 0) is 42.7 Å². The molecule has 0 aliphatic carbocycles. The Bertz CT molecular complexity index is 325. The molecule has 1 fully saturated rings. The van der Waals surface area contributed by atoms with Crippen molar-refractivity contribution < 1.29 is 9.84 Å². The first-order chi connectivity index (χ1) is 8.29. The summed E-state index contributed by atoms with van der Waals surface area (Å²) in [5, 5.41) is 10.2. The smallest absolute Gasteiger partial charge is 0.0610 e. The van der Waals surface area contributed by atoms with Crippen molar-refractivity contribution in [2.24, 2.45) is 5.92 Å². The van der Waals surface area contributed by atoms with Gasteiger partial charge in [0.2, 0.25) is 0 Å². The topological polar surface area (TPSA) is 29.5 Å². The highest BCUT2D eigenvalue weighted by molar-refractivity contribution is 5.23. The third-order valence-corrected chi connectivity index (χ3v) is 3.69. The zero-order chi connectivity index (χ0) is 12.1. The molecular formula is C15H22O2. The van der Waals surface area contributed by atoms with E-state index in [0.29, 0.717) is 5.92 Å². The zero-order valence-electron chi connectivity index (χ0n) is 10.6. The van der Waals surface area contributed by atoms with Crippen LogP contribution in [0.2, 0.25) is 0 Å². The third-order valence-electron chi connectivity index (χ3n) is 3.69. The number of hydrogen-bond acceptors (Lipinski definition) is 2. The van der Waals surface area contributed by atoms with Crippen LogP contribution in [0.4, 0.5) is 0 Å². The summed E-state index contributed by atoms with van der Waals surface area (Å²) in [5.74, 6) is 0.412. The van der Waals surface area contributed by atoms with Crippen LogP contribution in [0.15, 0.2) is 24.3 Å². The second-order valence-corrected chi connectivity index (χ2v) is 4.89. The molecule has 1 saturated heterocycles. The fourth-order valence-electron chi connectivity index (χ4n) is 2.42. The van der Waals surface area contributed by atoms with E-state index in [4.69, 9.17) is 4.74 Å². The van der Waals surface area contributed by atoms with Crippen molar-refractivity contribution in [2.75, 3.05) is 13.2 Å². The maximum absolute atomic E-state index is 10.2. The predicted molar refractivity (Wildman–Crippen MR) is 69.1 cm³/mol. The van der Waals surface area contributed by atoms with Crippen molar-refractivity contribution in [1.29, 1.82) is 0 Å². The van der Waals surface area contributed by atoms with Crippen LogP contribution < -0.4 is 0 Å². The molecule has 2 nitrogen and oxygen atoms in total. The fourth-order valence-corrected chi connectivity index (χ4v) is 2.42. The number of hydrogen-bond donors (Lipinski definition) is 1. The molecule has 1 unspecified atom stereocenters. The molecule has 0 amide bonds. The SMILES string of the molecule is CCc1ccc(CC(O)C2CCOCC2)cc1. The lowest BCUT2D eigenvalue weighted by atomic mass is 9.90. The highest BCUT2D eigenvalue weighted by Gasteiger charge is 2.22. The van der Waals surface area contributed by atoms with E-state index in [0.717, 1.165) is 38.9 Å². The van der Waals surface area contributed by atoms with Crippen molar-refractivity contribution >= 4 is 0 Å². The zero-order valence-corrected chi connectivity index (χ0v) is 10.6. The van der Waals surface area contributed by atoms with E-state index in [1.165, 1.54) is 11.1 Å². The molecule has 1 heterocycles. The summed E-state index contributed by atoms with van der Waals surface area (Å²) >= 11 is 0. The summed E-state index contributed by atoms with van der Waals surface area (Å²) in [6, 6.07) is 8.60. The Morgan fingerprint density at radius 2 is 1.76 bits per heavy atom. The van der Waals surface area contributed by atoms with Crippen LogP contribution in [-0.4, -0.2) is 24.4 Å². The van der Waals surface area contributed by atoms with Crippen LogP contribution in [0.5, 0.6) is 0 Å². The normalized spacial score (nSPS) is 19.2. The van der Waals surface area contributed by atoms with Crippen molar-refractivity contribution in [3.63, 3.8) is 0 Å². The second-order valence-electron chi connectivity index (χ2n) is 4.89. The van der Waals surface area contributed by atoms with E-state index in [9.17, 15) is 5.11 Å². The summed E-state index contributed by atoms with van der Waals surface area (Å²) in [4.78, 5) is 0. The molecule has 0 spiro atoms. The summed E-state index contributed by atoms with van der Waals surface area (Å²) in [7, 11) is 0. The first kappa shape index (κ1) is 12.6. The maximum Gasteiger partial charge on any atom is 0.0610 e. The lowest BCUT2D eigenvalue weighted by molar-refractivity contribution is 0.00839. The van der Waals surface area contributed by atoms with Gasteiger partial charge in [0.05, 0.1) is 6.10 Å². The summed E-state index contributed by atoms with van der Waals surface area (Å²) in [6.45, 7) is 3.76. The molecule has 0 aromatic heterocycles. The summed E-state index contributed by atoms with van der Waals surface area (Å²) in [5.41, 5.74) is 2.59. The van der Waals surface area contributed by atoms with Crippen LogP contribution in [0.3, 0.4) is 0 Å². The van der Waals surface area contributed by atoms with Crippen LogP contribution in [0, 0.1) is 5.92 Å². The fraction of sp³-hybridized carbons (Fsp3) is 0.600. The number of ether oxygens (including phenoxy) is 1. The van der Waals surface area contributed by atoms with Gasteiger partial charge in [-0.1, -0.05) is 31.2 Å². The number of rotatable bonds is 4. The van der Waals surface area contributed by atoms with E-state index in [1.54, 1.807) is 0 Å². The molecule has 1 N–H and O–H groups in total. The molecule has 1 aromatic rings. The lowest BCUT2D eigenvalue weighted by Gasteiger charge is -2.26. The predicted octanol–water partition coefficient (Wildman–Crippen LogP) is 2.58. The summed E-state index contributed by atoms with van der Waals surface area (Å²) in [6.07, 6.45) is 3.62. The molecule has 94 valence electrons. The van der Waals surface area contributed by atoms with Gasteiger partial charge in [-0.3, -0.25) is 0 Å². The van der Waals surface area contributed by atoms with Gasteiger partial charge in [-0.25, -0.2) is 0 Å². The van der Waals surface area contributed by atoms with Crippen molar-refractivity contribution in [2.45, 2.75) is 38.7 Å². The average molecular weight is 234 g/mol. The molecule has 0 radical (unpaired) electrons. The largest absolute Gasteiger partial charge is 0.392 e. The quantitative estimate of drug-likeness (QED) is 0.867. The van der Waals surface area contributed by atoms with E-state index >= 15 is 0 Å². The minimum absolute atomic E-state index is 0.216. The Morgan fingerprint density at radius 3 is 2.35 bits per heavy atom.